The number of piperazine rings is 1. The molecule has 2 atom stereocenters. The summed E-state index contributed by atoms with van der Waals surface area (Å²) in [6.07, 6.45) is -2.48. The molecular formula is C11H19ClN2O4. The molecule has 1 amide bonds. The zero-order chi connectivity index (χ0) is 14.1. The van der Waals surface area contributed by atoms with Crippen molar-refractivity contribution in [3.8, 4) is 0 Å². The van der Waals surface area contributed by atoms with E-state index in [1.807, 2.05) is 13.8 Å². The van der Waals surface area contributed by atoms with Gasteiger partial charge in [0.05, 0.1) is 18.2 Å². The number of β-amino-alcohol motifs (C(OH)–C–C–N with tert-alkyl or cyclic N) is 1. The fourth-order valence-corrected chi connectivity index (χ4v) is 1.98. The van der Waals surface area contributed by atoms with E-state index < -0.39 is 30.3 Å². The van der Waals surface area contributed by atoms with Gasteiger partial charge in [-0.2, -0.15) is 0 Å². The predicted molar refractivity (Wildman–Crippen MR) is 66.6 cm³/mol. The van der Waals surface area contributed by atoms with Gasteiger partial charge in [-0.25, -0.2) is 0 Å². The maximum Gasteiger partial charge on any atom is 0.270 e. The van der Waals surface area contributed by atoms with E-state index >= 15 is 0 Å². The highest BCUT2D eigenvalue weighted by Crippen LogP contribution is 2.29. The zero-order valence-corrected chi connectivity index (χ0v) is 11.3. The third-order valence-corrected chi connectivity index (χ3v) is 3.58. The van der Waals surface area contributed by atoms with Crippen LogP contribution in [0.1, 0.15) is 13.8 Å². The molecule has 0 aliphatic carbocycles. The zero-order valence-electron chi connectivity index (χ0n) is 10.5. The summed E-state index contributed by atoms with van der Waals surface area (Å²) in [6.45, 7) is 6.93. The molecule has 0 bridgehead atoms. The molecule has 0 radical (unpaired) electrons. The fourth-order valence-electron chi connectivity index (χ4n) is 1.85. The van der Waals surface area contributed by atoms with Crippen molar-refractivity contribution in [2.45, 2.75) is 31.6 Å². The summed E-state index contributed by atoms with van der Waals surface area (Å²) < 4.78 is 1.28. The van der Waals surface area contributed by atoms with Gasteiger partial charge in [0, 0.05) is 24.9 Å². The quantitative estimate of drug-likeness (QED) is 0.467. The highest BCUT2D eigenvalue weighted by atomic mass is 35.5. The lowest BCUT2D eigenvalue weighted by Crippen LogP contribution is -2.58. The van der Waals surface area contributed by atoms with E-state index in [4.69, 9.17) is 16.9 Å². The van der Waals surface area contributed by atoms with Crippen molar-refractivity contribution >= 4 is 17.7 Å². The Kier molecular flexibility index (Phi) is 4.61. The van der Waals surface area contributed by atoms with Crippen LogP contribution in [0.5, 0.6) is 0 Å². The number of nitrogens with zero attached hydrogens (tertiary/aromatic N) is 2. The van der Waals surface area contributed by atoms with E-state index in [1.165, 1.54) is 9.32 Å². The first kappa shape index (κ1) is 15.2. The molecule has 2 unspecified atom stereocenters. The Bertz CT molecular complexity index is 348. The van der Waals surface area contributed by atoms with Gasteiger partial charge in [0.25, 0.3) is 5.91 Å². The first-order valence-electron chi connectivity index (χ1n) is 5.62. The van der Waals surface area contributed by atoms with E-state index in [0.29, 0.717) is 6.54 Å². The van der Waals surface area contributed by atoms with Gasteiger partial charge in [0.15, 0.2) is 0 Å². The topological polar surface area (TPSA) is 84.2 Å². The summed E-state index contributed by atoms with van der Waals surface area (Å²) in [4.78, 5) is 13.3. The molecule has 0 aromatic heterocycles. The second-order valence-electron chi connectivity index (χ2n) is 5.04. The number of carbonyl (C=O) groups excluding carboxylic acids is 1. The van der Waals surface area contributed by atoms with Crippen LogP contribution in [0.3, 0.4) is 0 Å². The van der Waals surface area contributed by atoms with Crippen LogP contribution in [0.4, 0.5) is 0 Å². The molecule has 104 valence electrons. The Morgan fingerprint density at radius 1 is 1.44 bits per heavy atom. The van der Waals surface area contributed by atoms with Gasteiger partial charge in [-0.15, -0.1) is 0 Å². The molecule has 1 saturated heterocycles. The van der Waals surface area contributed by atoms with Crippen LogP contribution >= 0.6 is 11.8 Å². The van der Waals surface area contributed by atoms with Crippen LogP contribution in [-0.4, -0.2) is 68.0 Å². The Morgan fingerprint density at radius 2 is 2.00 bits per heavy atom. The molecule has 18 heavy (non-hydrogen) atoms. The van der Waals surface area contributed by atoms with Gasteiger partial charge in [0.1, 0.15) is 11.8 Å². The van der Waals surface area contributed by atoms with Crippen LogP contribution in [-0.2, 0) is 4.79 Å². The maximum atomic E-state index is 11.9. The maximum absolute atomic E-state index is 11.9. The lowest BCUT2D eigenvalue weighted by Gasteiger charge is -2.45. The number of amides is 1. The van der Waals surface area contributed by atoms with Crippen molar-refractivity contribution in [2.24, 2.45) is 0 Å². The summed E-state index contributed by atoms with van der Waals surface area (Å²) >= 11 is 5.98. The monoisotopic (exact) mass is 278 g/mol. The SMILES string of the molecule is C=C1C(=O)N(CC(O)C(O)CO)CC(C)(C)N1Cl. The average molecular weight is 279 g/mol. The number of hydrogen-bond acceptors (Lipinski definition) is 5. The molecule has 1 rings (SSSR count). The van der Waals surface area contributed by atoms with E-state index in [0.717, 1.165) is 0 Å². The summed E-state index contributed by atoms with van der Waals surface area (Å²) in [5, 5.41) is 27.7. The lowest BCUT2D eigenvalue weighted by molar-refractivity contribution is -0.136. The fraction of sp³-hybridized carbons (Fsp3) is 0.727. The van der Waals surface area contributed by atoms with E-state index in [2.05, 4.69) is 6.58 Å². The van der Waals surface area contributed by atoms with Gasteiger partial charge in [0.2, 0.25) is 0 Å². The lowest BCUT2D eigenvalue weighted by atomic mass is 10.00. The Balaban J connectivity index is 2.78. The first-order chi connectivity index (χ1) is 8.20. The second-order valence-corrected chi connectivity index (χ2v) is 5.38. The molecule has 0 aromatic rings. The van der Waals surface area contributed by atoms with Crippen molar-refractivity contribution in [3.05, 3.63) is 12.3 Å². The van der Waals surface area contributed by atoms with Crippen molar-refractivity contribution < 1.29 is 20.1 Å². The minimum absolute atomic E-state index is 0.0757. The second kappa shape index (κ2) is 5.44. The van der Waals surface area contributed by atoms with Crippen LogP contribution in [0.15, 0.2) is 12.3 Å². The van der Waals surface area contributed by atoms with Gasteiger partial charge in [-0.3, -0.25) is 9.21 Å². The van der Waals surface area contributed by atoms with Crippen LogP contribution < -0.4 is 0 Å². The molecule has 1 fully saturated rings. The number of aliphatic hydroxyl groups excluding tert-OH is 3. The summed E-state index contributed by atoms with van der Waals surface area (Å²) in [7, 11) is 0. The van der Waals surface area contributed by atoms with Crippen LogP contribution in [0, 0.1) is 0 Å². The van der Waals surface area contributed by atoms with Crippen LogP contribution in [0.25, 0.3) is 0 Å². The van der Waals surface area contributed by atoms with Crippen molar-refractivity contribution in [1.82, 2.24) is 9.32 Å². The number of hydrogen-bond donors (Lipinski definition) is 3. The molecule has 0 spiro atoms. The first-order valence-corrected chi connectivity index (χ1v) is 5.95. The summed E-state index contributed by atoms with van der Waals surface area (Å²) in [6, 6.07) is 0. The molecular weight excluding hydrogens is 260 g/mol. The summed E-state index contributed by atoms with van der Waals surface area (Å²) in [5.41, 5.74) is -0.394. The number of rotatable bonds is 4. The smallest absolute Gasteiger partial charge is 0.270 e. The van der Waals surface area contributed by atoms with E-state index in [9.17, 15) is 15.0 Å². The van der Waals surface area contributed by atoms with Gasteiger partial charge < -0.3 is 20.2 Å². The number of aliphatic hydroxyl groups is 3. The Labute approximate surface area is 111 Å². The molecule has 0 aromatic carbocycles. The van der Waals surface area contributed by atoms with Gasteiger partial charge in [-0.05, 0) is 13.8 Å². The molecule has 1 aliphatic rings. The summed E-state index contributed by atoms with van der Waals surface area (Å²) in [5.74, 6) is -0.395. The largest absolute Gasteiger partial charge is 0.394 e. The highest BCUT2D eigenvalue weighted by Gasteiger charge is 2.40. The number of carbonyl (C=O) groups is 1. The van der Waals surface area contributed by atoms with Crippen molar-refractivity contribution in [2.75, 3.05) is 19.7 Å². The molecule has 3 N–H and O–H groups in total. The average Bonchev–Trinajstić information content (AvgIpc) is 2.32. The predicted octanol–water partition coefficient (Wildman–Crippen LogP) is -0.709. The molecule has 1 aliphatic heterocycles. The van der Waals surface area contributed by atoms with E-state index in [-0.39, 0.29) is 12.2 Å². The third-order valence-electron chi connectivity index (χ3n) is 2.92. The third kappa shape index (κ3) is 2.95. The Morgan fingerprint density at radius 3 is 2.50 bits per heavy atom. The van der Waals surface area contributed by atoms with Crippen LogP contribution in [0.2, 0.25) is 0 Å². The van der Waals surface area contributed by atoms with Gasteiger partial charge in [-0.1, -0.05) is 6.58 Å². The Hall–Kier alpha value is -0.820. The van der Waals surface area contributed by atoms with Crippen molar-refractivity contribution in [1.29, 1.82) is 0 Å². The van der Waals surface area contributed by atoms with Gasteiger partial charge >= 0.3 is 0 Å². The molecule has 1 heterocycles. The van der Waals surface area contributed by atoms with Crippen molar-refractivity contribution in [3.63, 3.8) is 0 Å². The molecule has 6 nitrogen and oxygen atoms in total. The minimum Gasteiger partial charge on any atom is -0.394 e. The van der Waals surface area contributed by atoms with E-state index in [1.54, 1.807) is 0 Å². The normalized spacial score (nSPS) is 23.2. The molecule has 0 saturated carbocycles. The molecule has 7 heteroatoms. The number of halogens is 1. The standard InChI is InChI=1S/C11H19ClN2O4/c1-7-10(18)13(4-8(16)9(17)5-15)6-11(2,3)14(7)12/h8-9,15-17H,1,4-6H2,2-3H3. The minimum atomic E-state index is -1.27. The highest BCUT2D eigenvalue weighted by molar-refractivity contribution is 6.18.